The van der Waals surface area contributed by atoms with E-state index >= 15 is 0 Å². The van der Waals surface area contributed by atoms with Crippen LogP contribution in [0.25, 0.3) is 0 Å². The van der Waals surface area contributed by atoms with Crippen LogP contribution in [0, 0.1) is 0 Å². The molecule has 0 amide bonds. The molecule has 0 spiro atoms. The second kappa shape index (κ2) is 4.37. The Morgan fingerprint density at radius 2 is 1.78 bits per heavy atom. The fraction of sp³-hybridized carbons (Fsp3) is 1.00. The van der Waals surface area contributed by atoms with Crippen molar-refractivity contribution in [3.63, 3.8) is 0 Å². The molecule has 0 aliphatic heterocycles. The van der Waals surface area contributed by atoms with Gasteiger partial charge in [-0.2, -0.15) is 0 Å². The number of rotatable bonds is 3. The lowest BCUT2D eigenvalue weighted by Gasteiger charge is -2.25. The molecule has 3 heteroatoms. The Hall–Kier alpha value is 0.540. The highest BCUT2D eigenvalue weighted by atomic mass is 35.5. The van der Waals surface area contributed by atoms with E-state index in [9.17, 15) is 0 Å². The van der Waals surface area contributed by atoms with Gasteiger partial charge in [0.15, 0.2) is 4.96 Å². The van der Waals surface area contributed by atoms with E-state index in [4.69, 9.17) is 23.2 Å². The highest BCUT2D eigenvalue weighted by Gasteiger charge is 2.12. The summed E-state index contributed by atoms with van der Waals surface area (Å²) in [5, 5.41) is 0. The molecule has 9 heavy (non-hydrogen) atoms. The van der Waals surface area contributed by atoms with E-state index in [0.29, 0.717) is 6.04 Å². The molecule has 0 heterocycles. The molecule has 0 bridgehead atoms. The maximum Gasteiger partial charge on any atom is 0.160 e. The zero-order valence-electron chi connectivity index (χ0n) is 6.06. The van der Waals surface area contributed by atoms with Crippen LogP contribution in [0.5, 0.6) is 0 Å². The molecule has 0 aromatic heterocycles. The zero-order valence-corrected chi connectivity index (χ0v) is 7.58. The number of nitrogens with zero attached hydrogens (tertiary/aromatic N) is 1. The van der Waals surface area contributed by atoms with E-state index in [-0.39, 0.29) is 4.96 Å². The van der Waals surface area contributed by atoms with Crippen molar-refractivity contribution in [2.45, 2.75) is 31.8 Å². The predicted molar refractivity (Wildman–Crippen MR) is 43.0 cm³/mol. The first-order valence-corrected chi connectivity index (χ1v) is 4.00. The van der Waals surface area contributed by atoms with Crippen molar-refractivity contribution >= 4 is 23.2 Å². The van der Waals surface area contributed by atoms with Gasteiger partial charge in [0.25, 0.3) is 0 Å². The van der Waals surface area contributed by atoms with Crippen LogP contribution in [0.1, 0.15) is 20.8 Å². The summed E-state index contributed by atoms with van der Waals surface area (Å²) in [6.45, 7) is 7.08. The average Bonchev–Trinajstić information content (AvgIpc) is 1.64. The quantitative estimate of drug-likeness (QED) is 0.464. The lowest BCUT2D eigenvalue weighted by atomic mass is 10.3. The molecule has 0 atom stereocenters. The lowest BCUT2D eigenvalue weighted by Crippen LogP contribution is -2.33. The summed E-state index contributed by atoms with van der Waals surface area (Å²) >= 11 is 11.3. The van der Waals surface area contributed by atoms with Crippen LogP contribution in [0.15, 0.2) is 0 Å². The van der Waals surface area contributed by atoms with E-state index in [1.807, 2.05) is 11.8 Å². The Balaban J connectivity index is 3.68. The van der Waals surface area contributed by atoms with E-state index in [0.717, 1.165) is 6.54 Å². The third kappa shape index (κ3) is 3.29. The van der Waals surface area contributed by atoms with Gasteiger partial charge in [-0.1, -0.05) is 30.1 Å². The van der Waals surface area contributed by atoms with E-state index in [1.165, 1.54) is 0 Å². The Bertz CT molecular complexity index is 65.5. The molecule has 0 aliphatic rings. The number of hydrogen-bond acceptors (Lipinski definition) is 1. The van der Waals surface area contributed by atoms with E-state index in [2.05, 4.69) is 13.8 Å². The molecule has 0 aromatic carbocycles. The molecule has 0 aliphatic carbocycles. The molecular weight excluding hydrogens is 157 g/mol. The third-order valence-corrected chi connectivity index (χ3v) is 1.78. The largest absolute Gasteiger partial charge is 0.273 e. The summed E-state index contributed by atoms with van der Waals surface area (Å²) in [4.78, 5) is 1.62. The van der Waals surface area contributed by atoms with Gasteiger partial charge in [0.05, 0.1) is 0 Å². The van der Waals surface area contributed by atoms with Gasteiger partial charge in [-0.05, 0) is 20.4 Å². The van der Waals surface area contributed by atoms with Crippen LogP contribution in [0.2, 0.25) is 0 Å². The van der Waals surface area contributed by atoms with Gasteiger partial charge in [0.2, 0.25) is 0 Å². The van der Waals surface area contributed by atoms with Crippen LogP contribution in [-0.2, 0) is 0 Å². The van der Waals surface area contributed by atoms with Crippen molar-refractivity contribution in [1.29, 1.82) is 0 Å². The van der Waals surface area contributed by atoms with Crippen molar-refractivity contribution in [3.8, 4) is 0 Å². The molecule has 0 saturated carbocycles. The SMILES string of the molecule is CCN(C(C)C)C(Cl)Cl. The highest BCUT2D eigenvalue weighted by molar-refractivity contribution is 6.43. The minimum Gasteiger partial charge on any atom is -0.273 e. The Morgan fingerprint density at radius 1 is 1.33 bits per heavy atom. The Kier molecular flexibility index (Phi) is 4.63. The van der Waals surface area contributed by atoms with Crippen LogP contribution < -0.4 is 0 Å². The van der Waals surface area contributed by atoms with Crippen molar-refractivity contribution in [3.05, 3.63) is 0 Å². The summed E-state index contributed by atoms with van der Waals surface area (Å²) in [5.41, 5.74) is 0. The van der Waals surface area contributed by atoms with Crippen LogP contribution in [-0.4, -0.2) is 22.4 Å². The molecule has 0 aromatic rings. The maximum atomic E-state index is 5.63. The van der Waals surface area contributed by atoms with Gasteiger partial charge in [0, 0.05) is 6.04 Å². The third-order valence-electron chi connectivity index (χ3n) is 1.28. The Labute approximate surface area is 66.9 Å². The van der Waals surface area contributed by atoms with Gasteiger partial charge in [-0.25, -0.2) is 0 Å². The summed E-state index contributed by atoms with van der Waals surface area (Å²) in [7, 11) is 0. The van der Waals surface area contributed by atoms with Crippen molar-refractivity contribution in [1.82, 2.24) is 4.90 Å². The normalized spacial score (nSPS) is 12.0. The molecule has 0 radical (unpaired) electrons. The van der Waals surface area contributed by atoms with Gasteiger partial charge in [0.1, 0.15) is 0 Å². The summed E-state index contributed by atoms with van der Waals surface area (Å²) in [5.74, 6) is 0. The van der Waals surface area contributed by atoms with Gasteiger partial charge in [-0.15, -0.1) is 0 Å². The molecule has 1 nitrogen and oxygen atoms in total. The van der Waals surface area contributed by atoms with Crippen LogP contribution in [0.3, 0.4) is 0 Å². The first-order valence-electron chi connectivity index (χ1n) is 3.13. The number of hydrogen-bond donors (Lipinski definition) is 0. The molecule has 0 rings (SSSR count). The molecule has 0 N–H and O–H groups in total. The first kappa shape index (κ1) is 9.54. The minimum atomic E-state index is -0.366. The standard InChI is InChI=1S/C6H13Cl2N/c1-4-9(5(2)3)6(7)8/h5-6H,4H2,1-3H3. The topological polar surface area (TPSA) is 3.24 Å². The van der Waals surface area contributed by atoms with E-state index < -0.39 is 0 Å². The lowest BCUT2D eigenvalue weighted by molar-refractivity contribution is 0.253. The van der Waals surface area contributed by atoms with Crippen LogP contribution in [0.4, 0.5) is 0 Å². The molecule has 0 fully saturated rings. The summed E-state index contributed by atoms with van der Waals surface area (Å²) in [6, 6.07) is 0.426. The second-order valence-corrected chi connectivity index (χ2v) is 3.25. The van der Waals surface area contributed by atoms with Crippen molar-refractivity contribution in [2.24, 2.45) is 0 Å². The fourth-order valence-electron chi connectivity index (χ4n) is 0.729. The monoisotopic (exact) mass is 169 g/mol. The fourth-order valence-corrected chi connectivity index (χ4v) is 1.46. The first-order chi connectivity index (χ1) is 4.09. The molecule has 0 saturated heterocycles. The molecule has 0 unspecified atom stereocenters. The van der Waals surface area contributed by atoms with Crippen molar-refractivity contribution in [2.75, 3.05) is 6.54 Å². The smallest absolute Gasteiger partial charge is 0.160 e. The van der Waals surface area contributed by atoms with Gasteiger partial charge >= 0.3 is 0 Å². The number of alkyl halides is 2. The van der Waals surface area contributed by atoms with E-state index in [1.54, 1.807) is 0 Å². The summed E-state index contributed by atoms with van der Waals surface area (Å²) in [6.07, 6.45) is 0. The van der Waals surface area contributed by atoms with Crippen LogP contribution >= 0.6 is 23.2 Å². The minimum absolute atomic E-state index is 0.366. The Morgan fingerprint density at radius 3 is 1.78 bits per heavy atom. The van der Waals surface area contributed by atoms with Gasteiger partial charge < -0.3 is 0 Å². The maximum absolute atomic E-state index is 5.63. The van der Waals surface area contributed by atoms with Gasteiger partial charge in [-0.3, -0.25) is 4.90 Å². The highest BCUT2D eigenvalue weighted by Crippen LogP contribution is 2.11. The zero-order chi connectivity index (χ0) is 7.44. The molecule has 56 valence electrons. The van der Waals surface area contributed by atoms with Crippen molar-refractivity contribution < 1.29 is 0 Å². The number of halogens is 2. The second-order valence-electron chi connectivity index (χ2n) is 2.20. The summed E-state index contributed by atoms with van der Waals surface area (Å²) < 4.78 is 0. The average molecular weight is 170 g/mol. The molecular formula is C6H13Cl2N. The predicted octanol–water partition coefficient (Wildman–Crippen LogP) is 2.48.